The smallest absolute Gasteiger partial charge is 0.273 e. The van der Waals surface area contributed by atoms with E-state index in [1.54, 1.807) is 18.0 Å². The SMILES string of the molecule is COCC(O)CN(C)c1cc(NN)cc([N+](=O)[O-])c1. The molecule has 0 fully saturated rings. The fraction of sp³-hybridized carbons (Fsp3) is 0.455. The third-order valence-electron chi connectivity index (χ3n) is 2.56. The van der Waals surface area contributed by atoms with Crippen molar-refractivity contribution in [2.75, 3.05) is 37.6 Å². The van der Waals surface area contributed by atoms with Crippen LogP contribution in [0.25, 0.3) is 0 Å². The number of hydrogen-bond donors (Lipinski definition) is 3. The molecule has 0 bridgehead atoms. The topological polar surface area (TPSA) is 114 Å². The summed E-state index contributed by atoms with van der Waals surface area (Å²) in [7, 11) is 3.21. The highest BCUT2D eigenvalue weighted by atomic mass is 16.6. The van der Waals surface area contributed by atoms with Gasteiger partial charge in [0, 0.05) is 38.5 Å². The van der Waals surface area contributed by atoms with E-state index in [4.69, 9.17) is 10.6 Å². The summed E-state index contributed by atoms with van der Waals surface area (Å²) < 4.78 is 4.83. The Morgan fingerprint density at radius 3 is 2.79 bits per heavy atom. The number of anilines is 2. The number of non-ortho nitro benzene ring substituents is 1. The summed E-state index contributed by atoms with van der Waals surface area (Å²) in [6.07, 6.45) is -0.677. The maximum Gasteiger partial charge on any atom is 0.273 e. The van der Waals surface area contributed by atoms with Crippen LogP contribution in [0.15, 0.2) is 18.2 Å². The van der Waals surface area contributed by atoms with Gasteiger partial charge in [-0.25, -0.2) is 0 Å². The number of nitrogens with zero attached hydrogens (tertiary/aromatic N) is 2. The van der Waals surface area contributed by atoms with Gasteiger partial charge in [0.1, 0.15) is 0 Å². The van der Waals surface area contributed by atoms with Gasteiger partial charge < -0.3 is 20.2 Å². The van der Waals surface area contributed by atoms with E-state index in [0.29, 0.717) is 17.9 Å². The fourth-order valence-corrected chi connectivity index (χ4v) is 1.67. The predicted octanol–water partition coefficient (Wildman–Crippen LogP) is 0.324. The molecule has 1 rings (SSSR count). The number of methoxy groups -OCH3 is 1. The molecule has 0 aliphatic heterocycles. The zero-order chi connectivity index (χ0) is 14.4. The van der Waals surface area contributed by atoms with Gasteiger partial charge in [-0.05, 0) is 6.07 Å². The number of nitro benzene ring substituents is 1. The van der Waals surface area contributed by atoms with Crippen LogP contribution >= 0.6 is 0 Å². The molecule has 0 heterocycles. The Hall–Kier alpha value is -1.90. The number of nitrogen functional groups attached to an aromatic ring is 1. The zero-order valence-corrected chi connectivity index (χ0v) is 10.9. The van der Waals surface area contributed by atoms with E-state index in [9.17, 15) is 15.2 Å². The van der Waals surface area contributed by atoms with E-state index in [1.165, 1.54) is 19.2 Å². The van der Waals surface area contributed by atoms with Crippen molar-refractivity contribution >= 4 is 17.1 Å². The molecule has 1 aromatic rings. The van der Waals surface area contributed by atoms with Crippen LogP contribution in [-0.2, 0) is 4.74 Å². The van der Waals surface area contributed by atoms with Crippen LogP contribution in [0, 0.1) is 10.1 Å². The Kier molecular flexibility index (Phi) is 5.49. The summed E-state index contributed by atoms with van der Waals surface area (Å²) in [6.45, 7) is 0.486. The lowest BCUT2D eigenvalue weighted by Gasteiger charge is -2.22. The lowest BCUT2D eigenvalue weighted by atomic mass is 10.2. The Labute approximate surface area is 110 Å². The number of aliphatic hydroxyl groups is 1. The minimum atomic E-state index is -0.677. The Bertz CT molecular complexity index is 441. The summed E-state index contributed by atoms with van der Waals surface area (Å²) in [5.41, 5.74) is 3.32. The van der Waals surface area contributed by atoms with Crippen LogP contribution in [0.4, 0.5) is 17.1 Å². The summed E-state index contributed by atoms with van der Waals surface area (Å²) in [6, 6.07) is 4.41. The molecule has 4 N–H and O–H groups in total. The highest BCUT2D eigenvalue weighted by Gasteiger charge is 2.14. The van der Waals surface area contributed by atoms with Crippen molar-refractivity contribution in [3.05, 3.63) is 28.3 Å². The molecule has 0 spiro atoms. The maximum absolute atomic E-state index is 10.8. The summed E-state index contributed by atoms with van der Waals surface area (Å²) in [4.78, 5) is 12.0. The van der Waals surface area contributed by atoms with Crippen molar-refractivity contribution < 1.29 is 14.8 Å². The van der Waals surface area contributed by atoms with Crippen LogP contribution in [0.5, 0.6) is 0 Å². The quantitative estimate of drug-likeness (QED) is 0.371. The van der Waals surface area contributed by atoms with E-state index in [0.717, 1.165) is 0 Å². The number of likely N-dealkylation sites (N-methyl/N-ethyl adjacent to an activating group) is 1. The zero-order valence-electron chi connectivity index (χ0n) is 10.9. The van der Waals surface area contributed by atoms with Crippen LogP contribution in [0.2, 0.25) is 0 Å². The van der Waals surface area contributed by atoms with Crippen molar-refractivity contribution in [3.8, 4) is 0 Å². The maximum atomic E-state index is 10.8. The minimum absolute atomic E-state index is 0.0708. The molecule has 1 unspecified atom stereocenters. The lowest BCUT2D eigenvalue weighted by Crippen LogP contribution is -2.31. The second kappa shape index (κ2) is 6.88. The molecule has 0 aliphatic rings. The molecule has 0 aliphatic carbocycles. The number of nitrogens with two attached hydrogens (primary N) is 1. The molecular weight excluding hydrogens is 252 g/mol. The van der Waals surface area contributed by atoms with Crippen LogP contribution in [0.1, 0.15) is 0 Å². The van der Waals surface area contributed by atoms with Gasteiger partial charge in [0.25, 0.3) is 5.69 Å². The monoisotopic (exact) mass is 270 g/mol. The predicted molar refractivity (Wildman–Crippen MR) is 72.1 cm³/mol. The van der Waals surface area contributed by atoms with Crippen LogP contribution in [0.3, 0.4) is 0 Å². The van der Waals surface area contributed by atoms with Crippen molar-refractivity contribution in [3.63, 3.8) is 0 Å². The molecular formula is C11H18N4O4. The van der Waals surface area contributed by atoms with Crippen LogP contribution < -0.4 is 16.2 Å². The first kappa shape index (κ1) is 15.2. The van der Waals surface area contributed by atoms with Crippen molar-refractivity contribution in [2.45, 2.75) is 6.10 Å². The van der Waals surface area contributed by atoms with E-state index >= 15 is 0 Å². The van der Waals surface area contributed by atoms with Gasteiger partial charge in [-0.1, -0.05) is 0 Å². The van der Waals surface area contributed by atoms with Gasteiger partial charge >= 0.3 is 0 Å². The number of ether oxygens (including phenoxy) is 1. The Balaban J connectivity index is 2.92. The van der Waals surface area contributed by atoms with E-state index < -0.39 is 11.0 Å². The number of hydrogen-bond acceptors (Lipinski definition) is 7. The van der Waals surface area contributed by atoms with Gasteiger partial charge in [-0.15, -0.1) is 0 Å². The first-order valence-corrected chi connectivity index (χ1v) is 5.62. The first-order valence-electron chi connectivity index (χ1n) is 5.62. The van der Waals surface area contributed by atoms with Crippen molar-refractivity contribution in [2.24, 2.45) is 5.84 Å². The molecule has 1 atom stereocenters. The van der Waals surface area contributed by atoms with Gasteiger partial charge in [0.15, 0.2) is 0 Å². The molecule has 8 heteroatoms. The molecule has 1 aromatic carbocycles. The second-order valence-corrected chi connectivity index (χ2v) is 4.13. The third kappa shape index (κ3) is 4.36. The van der Waals surface area contributed by atoms with E-state index in [-0.39, 0.29) is 12.3 Å². The molecule has 8 nitrogen and oxygen atoms in total. The van der Waals surface area contributed by atoms with Gasteiger partial charge in [0.2, 0.25) is 0 Å². The Morgan fingerprint density at radius 1 is 1.58 bits per heavy atom. The average Bonchev–Trinajstić information content (AvgIpc) is 2.38. The first-order chi connectivity index (χ1) is 8.97. The Morgan fingerprint density at radius 2 is 2.26 bits per heavy atom. The van der Waals surface area contributed by atoms with Gasteiger partial charge in [-0.3, -0.25) is 16.0 Å². The summed E-state index contributed by atoms with van der Waals surface area (Å²) in [5.74, 6) is 5.28. The number of rotatable bonds is 7. The van der Waals surface area contributed by atoms with Crippen molar-refractivity contribution in [1.29, 1.82) is 0 Å². The number of benzene rings is 1. The van der Waals surface area contributed by atoms with Crippen molar-refractivity contribution in [1.82, 2.24) is 0 Å². The largest absolute Gasteiger partial charge is 0.389 e. The molecule has 0 aromatic heterocycles. The molecule has 106 valence electrons. The standard InChI is InChI=1S/C11H18N4O4/c1-14(6-11(16)7-19-2)9-3-8(13-12)4-10(5-9)15(17)18/h3-5,11,13,16H,6-7,12H2,1-2H3. The van der Waals surface area contributed by atoms with E-state index in [2.05, 4.69) is 5.43 Å². The second-order valence-electron chi connectivity index (χ2n) is 4.13. The minimum Gasteiger partial charge on any atom is -0.389 e. The van der Waals surface area contributed by atoms with Gasteiger partial charge in [-0.2, -0.15) is 0 Å². The summed E-state index contributed by atoms with van der Waals surface area (Å²) in [5, 5.41) is 20.5. The number of nitrogens with one attached hydrogen (secondary N) is 1. The molecule has 0 saturated heterocycles. The number of hydrazine groups is 1. The summed E-state index contributed by atoms with van der Waals surface area (Å²) >= 11 is 0. The molecule has 0 saturated carbocycles. The van der Waals surface area contributed by atoms with Crippen LogP contribution in [-0.4, -0.2) is 43.4 Å². The van der Waals surface area contributed by atoms with Gasteiger partial charge in [0.05, 0.1) is 23.3 Å². The fourth-order valence-electron chi connectivity index (χ4n) is 1.67. The third-order valence-corrected chi connectivity index (χ3v) is 2.56. The molecule has 19 heavy (non-hydrogen) atoms. The highest BCUT2D eigenvalue weighted by molar-refractivity contribution is 5.63. The lowest BCUT2D eigenvalue weighted by molar-refractivity contribution is -0.384. The van der Waals surface area contributed by atoms with E-state index in [1.807, 2.05) is 0 Å². The molecule has 0 radical (unpaired) electrons. The normalized spacial score (nSPS) is 12.0. The number of nitro groups is 1. The highest BCUT2D eigenvalue weighted by Crippen LogP contribution is 2.26. The molecule has 0 amide bonds. The average molecular weight is 270 g/mol. The number of aliphatic hydroxyl groups excluding tert-OH is 1.